The smallest absolute Gasteiger partial charge is 0.310 e. The Balaban J connectivity index is 2.53. The van der Waals surface area contributed by atoms with E-state index in [1.807, 2.05) is 0 Å². The Morgan fingerprint density at radius 3 is 1.55 bits per heavy atom. The summed E-state index contributed by atoms with van der Waals surface area (Å²) in [5, 5.41) is 19.0. The van der Waals surface area contributed by atoms with E-state index in [0.717, 1.165) is 0 Å². The molecule has 6 nitrogen and oxygen atoms in total. The number of carboxylic acid groups (broad SMARTS) is 2. The molecule has 0 aromatic carbocycles. The highest BCUT2D eigenvalue weighted by Gasteiger charge is 2.64. The normalized spacial score (nSPS) is 38.9. The number of hydrogen-bond donors (Lipinski definition) is 2. The monoisotopic (exact) mass is 284 g/mol. The molecule has 3 aliphatic rings. The number of aliphatic carboxylic acids is 2. The van der Waals surface area contributed by atoms with Gasteiger partial charge in [0.25, 0.3) is 0 Å². The van der Waals surface area contributed by atoms with Gasteiger partial charge in [-0.1, -0.05) is 12.2 Å². The van der Waals surface area contributed by atoms with Gasteiger partial charge in [-0.05, 0) is 26.7 Å². The minimum Gasteiger partial charge on any atom is -0.481 e. The maximum Gasteiger partial charge on any atom is 0.310 e. The summed E-state index contributed by atoms with van der Waals surface area (Å²) in [5.74, 6) is -4.58. The van der Waals surface area contributed by atoms with Gasteiger partial charge in [-0.3, -0.25) is 9.59 Å². The van der Waals surface area contributed by atoms with E-state index >= 15 is 0 Å². The van der Waals surface area contributed by atoms with Crippen molar-refractivity contribution in [2.75, 3.05) is 13.2 Å². The molecule has 0 aromatic heterocycles. The van der Waals surface area contributed by atoms with Gasteiger partial charge in [0.05, 0.1) is 0 Å². The Labute approximate surface area is 117 Å². The Hall–Kier alpha value is -1.40. The van der Waals surface area contributed by atoms with E-state index in [2.05, 4.69) is 0 Å². The first-order valence-electron chi connectivity index (χ1n) is 6.86. The number of ether oxygens (including phenoxy) is 2. The molecule has 2 bridgehead atoms. The van der Waals surface area contributed by atoms with Crippen molar-refractivity contribution in [3.63, 3.8) is 0 Å². The molecule has 112 valence electrons. The third kappa shape index (κ3) is 2.03. The number of carboxylic acids is 2. The van der Waals surface area contributed by atoms with Crippen LogP contribution in [0.2, 0.25) is 0 Å². The van der Waals surface area contributed by atoms with Crippen molar-refractivity contribution in [3.8, 4) is 0 Å². The highest BCUT2D eigenvalue weighted by Crippen LogP contribution is 2.53. The average molecular weight is 284 g/mol. The third-order valence-corrected chi connectivity index (χ3v) is 4.30. The maximum atomic E-state index is 11.7. The number of carbonyl (C=O) groups is 2. The lowest BCUT2D eigenvalue weighted by atomic mass is 9.57. The molecule has 0 amide bonds. The minimum absolute atomic E-state index is 0.335. The van der Waals surface area contributed by atoms with Crippen LogP contribution in [0.15, 0.2) is 12.2 Å². The summed E-state index contributed by atoms with van der Waals surface area (Å²) in [4.78, 5) is 23.3. The second-order valence-electron chi connectivity index (χ2n) is 5.24. The van der Waals surface area contributed by atoms with E-state index in [4.69, 9.17) is 9.47 Å². The lowest BCUT2D eigenvalue weighted by Gasteiger charge is -2.54. The summed E-state index contributed by atoms with van der Waals surface area (Å²) in [7, 11) is 0. The van der Waals surface area contributed by atoms with Crippen molar-refractivity contribution < 1.29 is 29.3 Å². The Bertz CT molecular complexity index is 405. The highest BCUT2D eigenvalue weighted by atomic mass is 16.5. The zero-order valence-electron chi connectivity index (χ0n) is 11.7. The van der Waals surface area contributed by atoms with E-state index in [0.29, 0.717) is 26.1 Å². The predicted octanol–water partition coefficient (Wildman–Crippen LogP) is 1.30. The van der Waals surface area contributed by atoms with Crippen LogP contribution in [0.3, 0.4) is 0 Å². The van der Waals surface area contributed by atoms with Crippen LogP contribution < -0.4 is 0 Å². The van der Waals surface area contributed by atoms with Gasteiger partial charge in [0, 0.05) is 13.2 Å². The van der Waals surface area contributed by atoms with Crippen LogP contribution in [0.4, 0.5) is 0 Å². The van der Waals surface area contributed by atoms with E-state index in [1.165, 1.54) is 0 Å². The van der Waals surface area contributed by atoms with Crippen LogP contribution in [0, 0.1) is 11.8 Å². The number of hydrogen-bond acceptors (Lipinski definition) is 4. The topological polar surface area (TPSA) is 93.1 Å². The first kappa shape index (κ1) is 15.0. The van der Waals surface area contributed by atoms with E-state index in [1.54, 1.807) is 26.0 Å². The molecule has 3 aliphatic carbocycles. The Kier molecular flexibility index (Phi) is 3.88. The molecule has 0 unspecified atom stereocenters. The maximum absolute atomic E-state index is 11.7. The van der Waals surface area contributed by atoms with Gasteiger partial charge in [0.2, 0.25) is 0 Å². The summed E-state index contributed by atoms with van der Waals surface area (Å²) in [5.41, 5.74) is -2.08. The van der Waals surface area contributed by atoms with Gasteiger partial charge in [-0.15, -0.1) is 0 Å². The first-order valence-corrected chi connectivity index (χ1v) is 6.86. The molecule has 3 rings (SSSR count). The summed E-state index contributed by atoms with van der Waals surface area (Å²) in [6.45, 7) is 4.22. The second kappa shape index (κ2) is 5.18. The highest BCUT2D eigenvalue weighted by molar-refractivity contribution is 5.84. The molecular weight excluding hydrogens is 264 g/mol. The molecule has 2 N–H and O–H groups in total. The van der Waals surface area contributed by atoms with Gasteiger partial charge in [0.15, 0.2) is 0 Å². The third-order valence-electron chi connectivity index (χ3n) is 4.30. The first-order chi connectivity index (χ1) is 9.42. The quantitative estimate of drug-likeness (QED) is 0.714. The minimum atomic E-state index is -1.15. The second-order valence-corrected chi connectivity index (χ2v) is 5.24. The molecule has 0 aromatic rings. The fourth-order valence-electron chi connectivity index (χ4n) is 3.58. The average Bonchev–Trinajstić information content (AvgIpc) is 2.39. The van der Waals surface area contributed by atoms with Crippen LogP contribution in [-0.2, 0) is 19.1 Å². The Morgan fingerprint density at radius 1 is 1.00 bits per heavy atom. The van der Waals surface area contributed by atoms with Crippen molar-refractivity contribution in [2.45, 2.75) is 37.9 Å². The fraction of sp³-hybridized carbons (Fsp3) is 0.714. The number of rotatable bonds is 6. The van der Waals surface area contributed by atoms with Gasteiger partial charge >= 0.3 is 11.9 Å². The molecule has 0 heterocycles. The van der Waals surface area contributed by atoms with Gasteiger partial charge in [0.1, 0.15) is 23.0 Å². The molecule has 0 saturated heterocycles. The van der Waals surface area contributed by atoms with E-state index < -0.39 is 35.0 Å². The summed E-state index contributed by atoms with van der Waals surface area (Å²) in [6, 6.07) is 0. The summed E-state index contributed by atoms with van der Waals surface area (Å²) in [6.07, 6.45) is 4.29. The van der Waals surface area contributed by atoms with Crippen molar-refractivity contribution in [3.05, 3.63) is 12.2 Å². The van der Waals surface area contributed by atoms with E-state index in [-0.39, 0.29) is 0 Å². The van der Waals surface area contributed by atoms with Crippen LogP contribution in [-0.4, -0.2) is 46.6 Å². The van der Waals surface area contributed by atoms with E-state index in [9.17, 15) is 19.8 Å². The number of fused-ring (bicyclic) bond motifs is 2. The molecular formula is C14H20O6. The zero-order valence-corrected chi connectivity index (χ0v) is 11.7. The predicted molar refractivity (Wildman–Crippen MR) is 69.3 cm³/mol. The van der Waals surface area contributed by atoms with Crippen molar-refractivity contribution in [1.29, 1.82) is 0 Å². The van der Waals surface area contributed by atoms with Crippen molar-refractivity contribution in [2.24, 2.45) is 11.8 Å². The molecule has 1 fully saturated rings. The summed E-state index contributed by atoms with van der Waals surface area (Å²) >= 11 is 0. The molecule has 20 heavy (non-hydrogen) atoms. The van der Waals surface area contributed by atoms with Gasteiger partial charge < -0.3 is 19.7 Å². The largest absolute Gasteiger partial charge is 0.481 e. The summed E-state index contributed by atoms with van der Waals surface area (Å²) < 4.78 is 11.3. The van der Waals surface area contributed by atoms with Crippen LogP contribution in [0.1, 0.15) is 26.7 Å². The Morgan fingerprint density at radius 2 is 1.35 bits per heavy atom. The molecule has 6 heteroatoms. The molecule has 0 spiro atoms. The molecule has 0 radical (unpaired) electrons. The molecule has 4 atom stereocenters. The van der Waals surface area contributed by atoms with Crippen molar-refractivity contribution in [1.82, 2.24) is 0 Å². The van der Waals surface area contributed by atoms with Crippen LogP contribution in [0.5, 0.6) is 0 Å². The lowest BCUT2D eigenvalue weighted by molar-refractivity contribution is -0.206. The fourth-order valence-corrected chi connectivity index (χ4v) is 3.58. The standard InChI is InChI=1S/C14H20O6/c1-3-19-13-5-7-14(8-6-13,20-4-2)10(12(17)18)9(13)11(15)16/h5,7,9-10H,3-4,6,8H2,1-2H3,(H,15,16)(H,17,18)/t9-,10-,13+,14+/m1/s1. The molecule has 1 saturated carbocycles. The zero-order chi connectivity index (χ0) is 15.0. The van der Waals surface area contributed by atoms with Gasteiger partial charge in [-0.2, -0.15) is 0 Å². The SMILES string of the molecule is CCO[C@@]12C=C[C@](OCC)(CC1)[C@@H](C(=O)O)[C@@H]2C(=O)O. The lowest BCUT2D eigenvalue weighted by Crippen LogP contribution is -2.65. The van der Waals surface area contributed by atoms with Crippen molar-refractivity contribution >= 4 is 11.9 Å². The van der Waals surface area contributed by atoms with Crippen LogP contribution in [0.25, 0.3) is 0 Å². The van der Waals surface area contributed by atoms with Gasteiger partial charge in [-0.25, -0.2) is 0 Å². The molecule has 0 aliphatic heterocycles. The van der Waals surface area contributed by atoms with Crippen LogP contribution >= 0.6 is 0 Å².